The maximum Gasteiger partial charge on any atom is 0.573 e. The van der Waals surface area contributed by atoms with Crippen LogP contribution < -0.4 is 9.47 Å². The lowest BCUT2D eigenvalue weighted by atomic mass is 9.68. The first kappa shape index (κ1) is 26.7. The number of alkyl halides is 3. The van der Waals surface area contributed by atoms with Crippen molar-refractivity contribution in [2.45, 2.75) is 89.8 Å². The summed E-state index contributed by atoms with van der Waals surface area (Å²) < 4.78 is 76.5. The smallest absolute Gasteiger partial charge is 0.454 e. The van der Waals surface area contributed by atoms with Crippen LogP contribution in [-0.4, -0.2) is 6.36 Å². The molecule has 0 amide bonds. The zero-order valence-corrected chi connectivity index (χ0v) is 20.8. The van der Waals surface area contributed by atoms with E-state index in [9.17, 15) is 17.6 Å². The van der Waals surface area contributed by atoms with Crippen LogP contribution >= 0.6 is 0 Å². The molecule has 198 valence electrons. The second-order valence-corrected chi connectivity index (χ2v) is 10.4. The minimum absolute atomic E-state index is 0.0613. The van der Waals surface area contributed by atoms with Crippen LogP contribution in [0.25, 0.3) is 0 Å². The van der Waals surface area contributed by atoms with Crippen molar-refractivity contribution in [1.29, 1.82) is 0 Å². The zero-order chi connectivity index (χ0) is 25.7. The minimum atomic E-state index is -4.80. The summed E-state index contributed by atoms with van der Waals surface area (Å²) in [5, 5.41) is 0. The number of ether oxygens (including phenoxy) is 2. The highest BCUT2D eigenvalue weighted by molar-refractivity contribution is 5.39. The van der Waals surface area contributed by atoms with E-state index in [-0.39, 0.29) is 23.0 Å². The quantitative estimate of drug-likeness (QED) is 0.329. The Balaban J connectivity index is 1.36. The van der Waals surface area contributed by atoms with Crippen LogP contribution in [0.2, 0.25) is 0 Å². The fraction of sp³-hybridized carbons (Fsp3) is 0.586. The Morgan fingerprint density at radius 3 is 1.94 bits per heavy atom. The monoisotopic (exact) mass is 510 g/mol. The summed E-state index contributed by atoms with van der Waals surface area (Å²) in [6, 6.07) is 7.11. The molecule has 0 aromatic heterocycles. The van der Waals surface area contributed by atoms with Crippen molar-refractivity contribution >= 4 is 0 Å². The molecule has 0 aliphatic heterocycles. The molecule has 2 aliphatic carbocycles. The minimum Gasteiger partial charge on any atom is -0.454 e. The van der Waals surface area contributed by atoms with Crippen molar-refractivity contribution in [3.05, 3.63) is 53.6 Å². The van der Waals surface area contributed by atoms with E-state index in [1.807, 2.05) is 0 Å². The van der Waals surface area contributed by atoms with E-state index in [0.29, 0.717) is 5.92 Å². The van der Waals surface area contributed by atoms with Gasteiger partial charge in [0.05, 0.1) is 0 Å². The van der Waals surface area contributed by atoms with Crippen molar-refractivity contribution in [2.75, 3.05) is 0 Å². The Kier molecular flexibility index (Phi) is 8.78. The maximum atomic E-state index is 15.4. The molecule has 0 unspecified atom stereocenters. The van der Waals surface area contributed by atoms with E-state index in [1.54, 1.807) is 0 Å². The lowest BCUT2D eigenvalue weighted by molar-refractivity contribution is -0.274. The van der Waals surface area contributed by atoms with Crippen molar-refractivity contribution in [3.63, 3.8) is 0 Å². The molecule has 0 N–H and O–H groups in total. The van der Waals surface area contributed by atoms with Gasteiger partial charge in [-0.15, -0.1) is 13.2 Å². The molecular weight excluding hydrogens is 475 g/mol. The number of unbranched alkanes of at least 4 members (excludes halogenated alkanes) is 1. The molecule has 2 aliphatic rings. The molecule has 2 saturated carbocycles. The second-order valence-electron chi connectivity index (χ2n) is 10.4. The molecule has 4 rings (SSSR count). The fourth-order valence-corrected chi connectivity index (χ4v) is 6.16. The van der Waals surface area contributed by atoms with Crippen LogP contribution in [0.3, 0.4) is 0 Å². The van der Waals surface area contributed by atoms with Gasteiger partial charge in [-0.1, -0.05) is 39.0 Å². The standard InChI is InChI=1S/C29H35F5O2/c1-2-3-4-19-5-7-20(8-6-19)21-9-11-22(12-10-21)27-25(30)17-18-26(28(27)31)35-23-13-15-24(16-14-23)36-29(32,33)34/h13-22H,2-12H2,1H3. The average molecular weight is 511 g/mol. The first-order valence-electron chi connectivity index (χ1n) is 13.2. The number of rotatable bonds is 8. The highest BCUT2D eigenvalue weighted by Crippen LogP contribution is 2.46. The Labute approximate surface area is 210 Å². The third-order valence-electron chi connectivity index (χ3n) is 8.08. The highest BCUT2D eigenvalue weighted by atomic mass is 19.4. The van der Waals surface area contributed by atoms with Crippen LogP contribution in [0.1, 0.15) is 89.0 Å². The van der Waals surface area contributed by atoms with E-state index in [0.717, 1.165) is 49.7 Å². The number of halogens is 5. The predicted octanol–water partition coefficient (Wildman–Crippen LogP) is 9.93. The molecule has 0 heterocycles. The first-order chi connectivity index (χ1) is 17.2. The van der Waals surface area contributed by atoms with E-state index in [2.05, 4.69) is 11.7 Å². The van der Waals surface area contributed by atoms with E-state index in [4.69, 9.17) is 4.74 Å². The van der Waals surface area contributed by atoms with Crippen molar-refractivity contribution in [3.8, 4) is 17.2 Å². The van der Waals surface area contributed by atoms with Gasteiger partial charge in [0, 0.05) is 5.56 Å². The summed E-state index contributed by atoms with van der Waals surface area (Å²) in [6.45, 7) is 2.24. The Bertz CT molecular complexity index is 972. The second kappa shape index (κ2) is 11.8. The van der Waals surface area contributed by atoms with Crippen LogP contribution in [0.4, 0.5) is 22.0 Å². The van der Waals surface area contributed by atoms with E-state index < -0.39 is 23.7 Å². The SMILES string of the molecule is CCCCC1CCC(C2CCC(c3c(F)ccc(Oc4ccc(OC(F)(F)F)cc4)c3F)CC2)CC1. The summed E-state index contributed by atoms with van der Waals surface area (Å²) in [6.07, 6.45) is 7.79. The van der Waals surface area contributed by atoms with Gasteiger partial charge >= 0.3 is 6.36 Å². The summed E-state index contributed by atoms with van der Waals surface area (Å²) >= 11 is 0. The van der Waals surface area contributed by atoms with E-state index >= 15 is 4.39 Å². The van der Waals surface area contributed by atoms with Gasteiger partial charge in [-0.3, -0.25) is 0 Å². The Morgan fingerprint density at radius 1 is 0.778 bits per heavy atom. The summed E-state index contributed by atoms with van der Waals surface area (Å²) in [4.78, 5) is 0. The van der Waals surface area contributed by atoms with Crippen LogP contribution in [-0.2, 0) is 0 Å². The summed E-state index contributed by atoms with van der Waals surface area (Å²) in [5.74, 6) is 0.335. The van der Waals surface area contributed by atoms with Gasteiger partial charge in [0.2, 0.25) is 0 Å². The van der Waals surface area contributed by atoms with Gasteiger partial charge in [0.1, 0.15) is 17.3 Å². The Morgan fingerprint density at radius 2 is 1.36 bits per heavy atom. The van der Waals surface area contributed by atoms with Gasteiger partial charge in [-0.05, 0) is 98.6 Å². The van der Waals surface area contributed by atoms with Crippen molar-refractivity contribution < 1.29 is 31.4 Å². The largest absolute Gasteiger partial charge is 0.573 e. The molecule has 0 spiro atoms. The van der Waals surface area contributed by atoms with Crippen LogP contribution in [0.5, 0.6) is 17.2 Å². The molecule has 2 nitrogen and oxygen atoms in total. The summed E-state index contributed by atoms with van der Waals surface area (Å²) in [5.41, 5.74) is 0.0613. The third-order valence-corrected chi connectivity index (χ3v) is 8.08. The highest BCUT2D eigenvalue weighted by Gasteiger charge is 2.34. The van der Waals surface area contributed by atoms with Gasteiger partial charge < -0.3 is 9.47 Å². The van der Waals surface area contributed by atoms with Crippen LogP contribution in [0.15, 0.2) is 36.4 Å². The van der Waals surface area contributed by atoms with Crippen molar-refractivity contribution in [2.24, 2.45) is 17.8 Å². The zero-order valence-electron chi connectivity index (χ0n) is 20.8. The number of benzene rings is 2. The molecule has 0 bridgehead atoms. The predicted molar refractivity (Wildman–Crippen MR) is 129 cm³/mol. The topological polar surface area (TPSA) is 18.5 Å². The third kappa shape index (κ3) is 6.92. The van der Waals surface area contributed by atoms with Crippen LogP contribution in [0, 0.1) is 29.4 Å². The molecule has 2 fully saturated rings. The van der Waals surface area contributed by atoms with E-state index in [1.165, 1.54) is 69.2 Å². The van der Waals surface area contributed by atoms with Gasteiger partial charge in [0.25, 0.3) is 0 Å². The fourth-order valence-electron chi connectivity index (χ4n) is 6.16. The molecule has 36 heavy (non-hydrogen) atoms. The molecule has 7 heteroatoms. The molecular formula is C29H35F5O2. The Hall–Kier alpha value is -2.31. The van der Waals surface area contributed by atoms with Crippen molar-refractivity contribution in [1.82, 2.24) is 0 Å². The number of hydrogen-bond acceptors (Lipinski definition) is 2. The van der Waals surface area contributed by atoms with Gasteiger partial charge in [0.15, 0.2) is 11.6 Å². The lowest BCUT2D eigenvalue weighted by Gasteiger charge is -2.38. The molecule has 0 atom stereocenters. The maximum absolute atomic E-state index is 15.4. The summed E-state index contributed by atoms with van der Waals surface area (Å²) in [7, 11) is 0. The number of hydrogen-bond donors (Lipinski definition) is 0. The average Bonchev–Trinajstić information content (AvgIpc) is 2.85. The lowest BCUT2D eigenvalue weighted by Crippen LogP contribution is -2.26. The van der Waals surface area contributed by atoms with Gasteiger partial charge in [-0.25, -0.2) is 8.78 Å². The molecule has 2 aromatic rings. The molecule has 2 aromatic carbocycles. The normalized spacial score (nSPS) is 24.9. The molecule has 0 radical (unpaired) electrons. The molecule has 0 saturated heterocycles. The van der Waals surface area contributed by atoms with Gasteiger partial charge in [-0.2, -0.15) is 0 Å². The first-order valence-corrected chi connectivity index (χ1v) is 13.2.